The van der Waals surface area contributed by atoms with Crippen LogP contribution in [0, 0.1) is 0 Å². The van der Waals surface area contributed by atoms with E-state index in [-0.39, 0.29) is 30.6 Å². The molecule has 3 amide bonds. The second-order valence-corrected chi connectivity index (χ2v) is 9.70. The molecule has 0 radical (unpaired) electrons. The third kappa shape index (κ3) is 5.26. The van der Waals surface area contributed by atoms with Crippen LogP contribution in [0.2, 0.25) is 0 Å². The zero-order chi connectivity index (χ0) is 24.5. The summed E-state index contributed by atoms with van der Waals surface area (Å²) in [6.45, 7) is 7.49. The number of nitrogens with zero attached hydrogens (tertiary/aromatic N) is 2. The summed E-state index contributed by atoms with van der Waals surface area (Å²) in [6.07, 6.45) is 0.578. The van der Waals surface area contributed by atoms with Crippen LogP contribution in [-0.2, 0) is 34.0 Å². The maximum absolute atomic E-state index is 13.0. The van der Waals surface area contributed by atoms with Gasteiger partial charge in [-0.25, -0.2) is 0 Å². The number of amides is 3. The van der Waals surface area contributed by atoms with E-state index in [0.29, 0.717) is 43.0 Å². The Morgan fingerprint density at radius 2 is 1.69 bits per heavy atom. The lowest BCUT2D eigenvalue weighted by atomic mass is 10.0. The standard InChI is InChI=1S/C27H31N3O5.ClH/c1-17-14-34-15-18(2)29(17)12-19-6-8-20(9-7-19)16-35-24-5-3-4-21-22(24)13-30(27(21)33)23-10-11-25(31)28-26(23)32;/h3-9,17-18,23H,10-16H2,1-2H3,(H,28,31,32);1H/t17-,18-,23?;/m0./s1. The maximum Gasteiger partial charge on any atom is 0.255 e. The van der Waals surface area contributed by atoms with Gasteiger partial charge in [0.15, 0.2) is 0 Å². The lowest BCUT2D eigenvalue weighted by Gasteiger charge is -2.38. The molecule has 3 aliphatic heterocycles. The van der Waals surface area contributed by atoms with Crippen molar-refractivity contribution in [1.82, 2.24) is 15.1 Å². The smallest absolute Gasteiger partial charge is 0.255 e. The van der Waals surface area contributed by atoms with Crippen molar-refractivity contribution in [3.63, 3.8) is 0 Å². The molecule has 3 atom stereocenters. The van der Waals surface area contributed by atoms with Crippen molar-refractivity contribution in [2.24, 2.45) is 0 Å². The van der Waals surface area contributed by atoms with Gasteiger partial charge in [-0.2, -0.15) is 0 Å². The van der Waals surface area contributed by atoms with E-state index in [1.165, 1.54) is 5.56 Å². The van der Waals surface area contributed by atoms with Crippen molar-refractivity contribution in [3.8, 4) is 5.75 Å². The topological polar surface area (TPSA) is 88.2 Å². The monoisotopic (exact) mass is 513 g/mol. The van der Waals surface area contributed by atoms with E-state index in [1.54, 1.807) is 17.0 Å². The zero-order valence-corrected chi connectivity index (χ0v) is 21.4. The number of hydrogen-bond donors (Lipinski definition) is 1. The summed E-state index contributed by atoms with van der Waals surface area (Å²) >= 11 is 0. The van der Waals surface area contributed by atoms with Crippen LogP contribution in [-0.4, -0.2) is 58.9 Å². The first-order valence-corrected chi connectivity index (χ1v) is 12.2. The molecule has 1 N–H and O–H groups in total. The van der Waals surface area contributed by atoms with Crippen molar-refractivity contribution >= 4 is 30.1 Å². The Hall–Kier alpha value is -2.94. The summed E-state index contributed by atoms with van der Waals surface area (Å²) in [4.78, 5) is 40.8. The van der Waals surface area contributed by atoms with Gasteiger partial charge >= 0.3 is 0 Å². The number of ether oxygens (including phenoxy) is 2. The Labute approximate surface area is 217 Å². The molecule has 0 aliphatic carbocycles. The van der Waals surface area contributed by atoms with Crippen LogP contribution in [0.1, 0.15) is 53.7 Å². The second kappa shape index (κ2) is 11.0. The number of nitrogens with one attached hydrogen (secondary N) is 1. The minimum atomic E-state index is -0.634. The molecule has 2 aromatic rings. The van der Waals surface area contributed by atoms with Crippen LogP contribution in [0.25, 0.3) is 0 Å². The fourth-order valence-corrected chi connectivity index (χ4v) is 5.15. The van der Waals surface area contributed by atoms with Crippen molar-refractivity contribution in [1.29, 1.82) is 0 Å². The Morgan fingerprint density at radius 1 is 1.00 bits per heavy atom. The molecule has 36 heavy (non-hydrogen) atoms. The summed E-state index contributed by atoms with van der Waals surface area (Å²) in [5.41, 5.74) is 3.63. The molecule has 192 valence electrons. The number of halogens is 1. The van der Waals surface area contributed by atoms with Gasteiger partial charge in [-0.15, -0.1) is 12.4 Å². The van der Waals surface area contributed by atoms with Crippen molar-refractivity contribution < 1.29 is 23.9 Å². The van der Waals surface area contributed by atoms with E-state index in [1.807, 2.05) is 6.07 Å². The van der Waals surface area contributed by atoms with Crippen LogP contribution in [0.3, 0.4) is 0 Å². The average Bonchev–Trinajstić information content (AvgIpc) is 3.18. The number of fused-ring (bicyclic) bond motifs is 1. The highest BCUT2D eigenvalue weighted by Gasteiger charge is 2.40. The van der Waals surface area contributed by atoms with E-state index >= 15 is 0 Å². The zero-order valence-electron chi connectivity index (χ0n) is 20.6. The molecule has 5 rings (SSSR count). The lowest BCUT2D eigenvalue weighted by Crippen LogP contribution is -2.52. The predicted molar refractivity (Wildman–Crippen MR) is 136 cm³/mol. The van der Waals surface area contributed by atoms with Gasteiger partial charge in [-0.1, -0.05) is 30.3 Å². The number of carbonyl (C=O) groups excluding carboxylic acids is 3. The van der Waals surface area contributed by atoms with Crippen LogP contribution >= 0.6 is 12.4 Å². The SMILES string of the molecule is C[C@H]1COC[C@H](C)N1Cc1ccc(COc2cccc3c2CN(C2CCC(=O)NC2=O)C3=O)cc1.Cl. The van der Waals surface area contributed by atoms with E-state index < -0.39 is 11.9 Å². The molecule has 3 aliphatic rings. The molecule has 2 saturated heterocycles. The molecule has 9 heteroatoms. The largest absolute Gasteiger partial charge is 0.489 e. The fourth-order valence-electron chi connectivity index (χ4n) is 5.15. The van der Waals surface area contributed by atoms with Gasteiger partial charge < -0.3 is 14.4 Å². The number of carbonyl (C=O) groups is 3. The average molecular weight is 514 g/mol. The van der Waals surface area contributed by atoms with Crippen LogP contribution in [0.5, 0.6) is 5.75 Å². The first kappa shape index (κ1) is 26.1. The van der Waals surface area contributed by atoms with Gasteiger partial charge in [0.1, 0.15) is 18.4 Å². The highest BCUT2D eigenvalue weighted by molar-refractivity contribution is 6.05. The Kier molecular flexibility index (Phi) is 7.97. The van der Waals surface area contributed by atoms with E-state index in [4.69, 9.17) is 9.47 Å². The Morgan fingerprint density at radius 3 is 2.39 bits per heavy atom. The number of morpholine rings is 1. The molecule has 8 nitrogen and oxygen atoms in total. The minimum absolute atomic E-state index is 0. The quantitative estimate of drug-likeness (QED) is 0.597. The van der Waals surface area contributed by atoms with Crippen LogP contribution in [0.15, 0.2) is 42.5 Å². The molecule has 0 bridgehead atoms. The first-order valence-electron chi connectivity index (χ1n) is 12.2. The molecule has 0 saturated carbocycles. The summed E-state index contributed by atoms with van der Waals surface area (Å²) in [7, 11) is 0. The molecule has 2 aromatic carbocycles. The molecule has 3 heterocycles. The number of hydrogen-bond acceptors (Lipinski definition) is 6. The van der Waals surface area contributed by atoms with Crippen LogP contribution < -0.4 is 10.1 Å². The molecule has 1 unspecified atom stereocenters. The molecule has 2 fully saturated rings. The summed E-state index contributed by atoms with van der Waals surface area (Å²) in [6, 6.07) is 14.0. The number of imide groups is 1. The Bertz CT molecular complexity index is 1130. The normalized spacial score (nSPS) is 24.2. The van der Waals surface area contributed by atoms with Crippen molar-refractivity contribution in [2.75, 3.05) is 13.2 Å². The highest BCUT2D eigenvalue weighted by Crippen LogP contribution is 2.34. The third-order valence-corrected chi connectivity index (χ3v) is 7.17. The van der Waals surface area contributed by atoms with Gasteiger partial charge in [-0.3, -0.25) is 24.6 Å². The van der Waals surface area contributed by atoms with E-state index in [9.17, 15) is 14.4 Å². The summed E-state index contributed by atoms with van der Waals surface area (Å²) in [5, 5.41) is 2.34. The van der Waals surface area contributed by atoms with Crippen molar-refractivity contribution in [2.45, 2.75) is 64.5 Å². The maximum atomic E-state index is 13.0. The van der Waals surface area contributed by atoms with E-state index in [0.717, 1.165) is 30.9 Å². The summed E-state index contributed by atoms with van der Waals surface area (Å²) in [5.74, 6) is -0.258. The third-order valence-electron chi connectivity index (χ3n) is 7.17. The predicted octanol–water partition coefficient (Wildman–Crippen LogP) is 3.06. The lowest BCUT2D eigenvalue weighted by molar-refractivity contribution is -0.136. The number of rotatable bonds is 6. The van der Waals surface area contributed by atoms with Gasteiger partial charge in [0.2, 0.25) is 11.8 Å². The van der Waals surface area contributed by atoms with Gasteiger partial charge in [-0.05, 0) is 43.5 Å². The fraction of sp³-hybridized carbons (Fsp3) is 0.444. The molecule has 0 spiro atoms. The second-order valence-electron chi connectivity index (χ2n) is 9.70. The van der Waals surface area contributed by atoms with Gasteiger partial charge in [0.05, 0.1) is 19.8 Å². The summed E-state index contributed by atoms with van der Waals surface area (Å²) < 4.78 is 11.8. The van der Waals surface area contributed by atoms with Crippen LogP contribution in [0.4, 0.5) is 0 Å². The Balaban J connectivity index is 0.00000304. The number of benzene rings is 2. The van der Waals surface area contributed by atoms with Crippen molar-refractivity contribution in [3.05, 3.63) is 64.7 Å². The minimum Gasteiger partial charge on any atom is -0.489 e. The molecule has 0 aromatic heterocycles. The number of piperidine rings is 1. The molecular formula is C27H32ClN3O5. The first-order chi connectivity index (χ1) is 16.9. The molecular weight excluding hydrogens is 482 g/mol. The van der Waals surface area contributed by atoms with Gasteiger partial charge in [0, 0.05) is 36.2 Å². The highest BCUT2D eigenvalue weighted by atomic mass is 35.5. The van der Waals surface area contributed by atoms with E-state index in [2.05, 4.69) is 48.3 Å². The van der Waals surface area contributed by atoms with Gasteiger partial charge in [0.25, 0.3) is 5.91 Å².